The lowest BCUT2D eigenvalue weighted by molar-refractivity contribution is -0.123. The summed E-state index contributed by atoms with van der Waals surface area (Å²) in [5, 5.41) is 8.72. The lowest BCUT2D eigenvalue weighted by Gasteiger charge is -2.32. The molecule has 0 saturated heterocycles. The molecule has 0 radical (unpaired) electrons. The monoisotopic (exact) mass is 438 g/mol. The van der Waals surface area contributed by atoms with Gasteiger partial charge in [-0.25, -0.2) is 0 Å². The van der Waals surface area contributed by atoms with Crippen LogP contribution in [0.3, 0.4) is 0 Å². The molecule has 0 aliphatic heterocycles. The number of benzene rings is 1. The van der Waals surface area contributed by atoms with Crippen LogP contribution in [0.1, 0.15) is 65.5 Å². The van der Waals surface area contributed by atoms with Crippen molar-refractivity contribution in [1.82, 2.24) is 14.9 Å². The average molecular weight is 439 g/mol. The van der Waals surface area contributed by atoms with Gasteiger partial charge in [-0.2, -0.15) is 0 Å². The Labute approximate surface area is 185 Å². The second-order valence-electron chi connectivity index (χ2n) is 8.07. The molecule has 1 aliphatic carbocycles. The molecular formula is C23H26N4O3S. The van der Waals surface area contributed by atoms with Gasteiger partial charge in [0.05, 0.1) is 6.26 Å². The summed E-state index contributed by atoms with van der Waals surface area (Å²) >= 11 is 1.10. The number of nitrogens with zero attached hydrogens (tertiary/aromatic N) is 3. The molecule has 7 nitrogen and oxygen atoms in total. The summed E-state index contributed by atoms with van der Waals surface area (Å²) in [6, 6.07) is 8.44. The molecule has 1 aliphatic rings. The maximum Gasteiger partial charge on any atom is 0.280 e. The van der Waals surface area contributed by atoms with Crippen molar-refractivity contribution in [2.45, 2.75) is 58.0 Å². The summed E-state index contributed by atoms with van der Waals surface area (Å²) in [5.74, 6) is -0.236. The van der Waals surface area contributed by atoms with Crippen molar-refractivity contribution < 1.29 is 14.0 Å². The van der Waals surface area contributed by atoms with Gasteiger partial charge in [0.15, 0.2) is 11.7 Å². The van der Waals surface area contributed by atoms with E-state index in [9.17, 15) is 9.59 Å². The Kier molecular flexibility index (Phi) is 6.46. The number of nitrogens with one attached hydrogen (secondary N) is 1. The van der Waals surface area contributed by atoms with Crippen LogP contribution in [-0.2, 0) is 4.79 Å². The third kappa shape index (κ3) is 4.85. The van der Waals surface area contributed by atoms with E-state index in [2.05, 4.69) is 14.9 Å². The smallest absolute Gasteiger partial charge is 0.280 e. The standard InChI is InChI=1S/C23H26N4O3S/c1-15-11-16(2)13-18(12-15)27(23(29)19-14-31-26-25-19)21(20-9-6-10-30-20)22(28)24-17-7-4-3-5-8-17/h6,9-14,17,21H,3-5,7-8H2,1-2H3,(H,24,28)/t21-/m1/s1. The third-order valence-corrected chi connectivity index (χ3v) is 6.06. The second-order valence-corrected chi connectivity index (χ2v) is 8.68. The number of anilines is 1. The first-order valence-corrected chi connectivity index (χ1v) is 11.4. The summed E-state index contributed by atoms with van der Waals surface area (Å²) in [6.45, 7) is 3.93. The normalized spacial score (nSPS) is 15.4. The molecule has 3 aromatic rings. The van der Waals surface area contributed by atoms with Crippen LogP contribution in [-0.4, -0.2) is 27.4 Å². The molecule has 2 amide bonds. The van der Waals surface area contributed by atoms with Crippen molar-refractivity contribution in [2.24, 2.45) is 0 Å². The topological polar surface area (TPSA) is 88.3 Å². The van der Waals surface area contributed by atoms with E-state index in [1.54, 1.807) is 17.5 Å². The van der Waals surface area contributed by atoms with E-state index in [1.165, 1.54) is 17.6 Å². The first-order chi connectivity index (χ1) is 15.0. The molecule has 31 heavy (non-hydrogen) atoms. The van der Waals surface area contributed by atoms with Crippen molar-refractivity contribution in [3.05, 3.63) is 64.6 Å². The summed E-state index contributed by atoms with van der Waals surface area (Å²) in [4.78, 5) is 28.6. The Morgan fingerprint density at radius 3 is 2.52 bits per heavy atom. The van der Waals surface area contributed by atoms with E-state index >= 15 is 0 Å². The van der Waals surface area contributed by atoms with Crippen molar-refractivity contribution in [3.8, 4) is 0 Å². The van der Waals surface area contributed by atoms with E-state index in [1.807, 2.05) is 32.0 Å². The molecule has 4 rings (SSSR count). The maximum absolute atomic E-state index is 13.6. The first kappa shape index (κ1) is 21.2. The van der Waals surface area contributed by atoms with Crippen molar-refractivity contribution in [2.75, 3.05) is 4.90 Å². The largest absolute Gasteiger partial charge is 0.467 e. The second kappa shape index (κ2) is 9.43. The van der Waals surface area contributed by atoms with E-state index in [-0.39, 0.29) is 23.6 Å². The lowest BCUT2D eigenvalue weighted by atomic mass is 9.95. The van der Waals surface area contributed by atoms with Crippen LogP contribution < -0.4 is 10.2 Å². The Hall–Kier alpha value is -3.00. The molecule has 1 atom stereocenters. The highest BCUT2D eigenvalue weighted by molar-refractivity contribution is 7.03. The van der Waals surface area contributed by atoms with Gasteiger partial charge >= 0.3 is 0 Å². The van der Waals surface area contributed by atoms with E-state index in [4.69, 9.17) is 4.42 Å². The number of rotatable bonds is 6. The van der Waals surface area contributed by atoms with Crippen LogP contribution in [0.15, 0.2) is 46.4 Å². The SMILES string of the molecule is Cc1cc(C)cc(N(C(=O)c2csnn2)[C@@H](C(=O)NC2CCCCC2)c2ccco2)c1. The molecule has 1 aromatic carbocycles. The number of furan rings is 1. The molecule has 0 unspecified atom stereocenters. The zero-order chi connectivity index (χ0) is 21.8. The summed E-state index contributed by atoms with van der Waals surface area (Å²) in [7, 11) is 0. The van der Waals surface area contributed by atoms with Gasteiger partial charge < -0.3 is 9.73 Å². The van der Waals surface area contributed by atoms with Gasteiger partial charge in [-0.05, 0) is 73.6 Å². The molecule has 1 fully saturated rings. The van der Waals surface area contributed by atoms with Gasteiger partial charge in [-0.1, -0.05) is 29.8 Å². The number of aromatic nitrogens is 2. The molecule has 0 spiro atoms. The summed E-state index contributed by atoms with van der Waals surface area (Å²) in [5.41, 5.74) is 2.81. The number of aryl methyl sites for hydroxylation is 2. The number of hydrogen-bond acceptors (Lipinski definition) is 6. The number of carbonyl (C=O) groups is 2. The van der Waals surface area contributed by atoms with Gasteiger partial charge in [-0.15, -0.1) is 5.10 Å². The average Bonchev–Trinajstić information content (AvgIpc) is 3.45. The highest BCUT2D eigenvalue weighted by Gasteiger charge is 2.37. The maximum atomic E-state index is 13.6. The fraction of sp³-hybridized carbons (Fsp3) is 0.391. The Morgan fingerprint density at radius 1 is 1.16 bits per heavy atom. The molecule has 2 aromatic heterocycles. The van der Waals surface area contributed by atoms with Gasteiger partial charge in [0.2, 0.25) is 0 Å². The fourth-order valence-corrected chi connectivity index (χ4v) is 4.63. The zero-order valence-electron chi connectivity index (χ0n) is 17.7. The summed E-state index contributed by atoms with van der Waals surface area (Å²) in [6.07, 6.45) is 6.80. The molecule has 0 bridgehead atoms. The highest BCUT2D eigenvalue weighted by atomic mass is 32.1. The molecular weight excluding hydrogens is 412 g/mol. The van der Waals surface area contributed by atoms with E-state index in [0.29, 0.717) is 11.4 Å². The Morgan fingerprint density at radius 2 is 1.90 bits per heavy atom. The van der Waals surface area contributed by atoms with Gasteiger partial charge in [0.1, 0.15) is 5.76 Å². The van der Waals surface area contributed by atoms with Crippen LogP contribution in [0, 0.1) is 13.8 Å². The molecule has 2 heterocycles. The molecule has 162 valence electrons. The quantitative estimate of drug-likeness (QED) is 0.608. The Balaban J connectivity index is 1.77. The van der Waals surface area contributed by atoms with Crippen LogP contribution in [0.5, 0.6) is 0 Å². The van der Waals surface area contributed by atoms with Crippen molar-refractivity contribution in [1.29, 1.82) is 0 Å². The Bertz CT molecular complexity index is 1010. The van der Waals surface area contributed by atoms with Crippen LogP contribution in [0.25, 0.3) is 0 Å². The van der Waals surface area contributed by atoms with E-state index < -0.39 is 6.04 Å². The summed E-state index contributed by atoms with van der Waals surface area (Å²) < 4.78 is 9.48. The van der Waals surface area contributed by atoms with Crippen molar-refractivity contribution >= 4 is 29.0 Å². The molecule has 8 heteroatoms. The molecule has 1 N–H and O–H groups in total. The zero-order valence-corrected chi connectivity index (χ0v) is 18.5. The van der Waals surface area contributed by atoms with Gasteiger partial charge in [0.25, 0.3) is 11.8 Å². The van der Waals surface area contributed by atoms with Crippen LogP contribution in [0.2, 0.25) is 0 Å². The number of carbonyl (C=O) groups excluding carboxylic acids is 2. The van der Waals surface area contributed by atoms with Gasteiger partial charge in [-0.3, -0.25) is 14.5 Å². The minimum Gasteiger partial charge on any atom is -0.467 e. The van der Waals surface area contributed by atoms with Crippen LogP contribution in [0.4, 0.5) is 5.69 Å². The molecule has 1 saturated carbocycles. The predicted molar refractivity (Wildman–Crippen MR) is 119 cm³/mol. The van der Waals surface area contributed by atoms with Gasteiger partial charge in [0, 0.05) is 17.1 Å². The van der Waals surface area contributed by atoms with Crippen molar-refractivity contribution in [3.63, 3.8) is 0 Å². The predicted octanol–water partition coefficient (Wildman–Crippen LogP) is 4.58. The first-order valence-electron chi connectivity index (χ1n) is 10.6. The number of amides is 2. The fourth-order valence-electron chi connectivity index (χ4n) is 4.20. The highest BCUT2D eigenvalue weighted by Crippen LogP contribution is 2.32. The minimum atomic E-state index is -0.952. The van der Waals surface area contributed by atoms with E-state index in [0.717, 1.165) is 48.3 Å². The third-order valence-electron chi connectivity index (χ3n) is 5.55. The number of hydrogen-bond donors (Lipinski definition) is 1. The lowest BCUT2D eigenvalue weighted by Crippen LogP contribution is -2.47. The minimum absolute atomic E-state index is 0.107. The van der Waals surface area contributed by atoms with Crippen LogP contribution >= 0.6 is 11.5 Å².